The summed E-state index contributed by atoms with van der Waals surface area (Å²) in [5, 5.41) is 3.66. The van der Waals surface area contributed by atoms with Crippen LogP contribution in [0.5, 0.6) is 0 Å². The fourth-order valence-electron chi connectivity index (χ4n) is 2.84. The van der Waals surface area contributed by atoms with Gasteiger partial charge >= 0.3 is 0 Å². The number of nitrogens with one attached hydrogen (secondary N) is 1. The van der Waals surface area contributed by atoms with Crippen molar-refractivity contribution < 1.29 is 0 Å². The summed E-state index contributed by atoms with van der Waals surface area (Å²) in [6.07, 6.45) is 2.51. The molecule has 16 heavy (non-hydrogen) atoms. The third-order valence-corrected chi connectivity index (χ3v) is 4.11. The highest BCUT2D eigenvalue weighted by atomic mass is 15.0. The zero-order valence-electron chi connectivity index (χ0n) is 10.7. The van der Waals surface area contributed by atoms with Gasteiger partial charge in [-0.2, -0.15) is 0 Å². The molecule has 1 aromatic rings. The molecule has 0 amide bonds. The highest BCUT2D eigenvalue weighted by Crippen LogP contribution is 2.52. The van der Waals surface area contributed by atoms with Gasteiger partial charge in [-0.15, -0.1) is 0 Å². The van der Waals surface area contributed by atoms with Crippen molar-refractivity contribution in [2.45, 2.75) is 45.6 Å². The topological polar surface area (TPSA) is 12.0 Å². The molecule has 0 bridgehead atoms. The van der Waals surface area contributed by atoms with Crippen molar-refractivity contribution in [3.63, 3.8) is 0 Å². The second kappa shape index (κ2) is 4.58. The van der Waals surface area contributed by atoms with Gasteiger partial charge in [0.15, 0.2) is 0 Å². The number of hydrogen-bond donors (Lipinski definition) is 1. The first kappa shape index (κ1) is 11.7. The Balaban J connectivity index is 2.01. The summed E-state index contributed by atoms with van der Waals surface area (Å²) in [7, 11) is 0. The van der Waals surface area contributed by atoms with Gasteiger partial charge < -0.3 is 5.32 Å². The van der Waals surface area contributed by atoms with Crippen LogP contribution < -0.4 is 5.32 Å². The number of rotatable bonds is 4. The molecule has 2 rings (SSSR count). The van der Waals surface area contributed by atoms with E-state index >= 15 is 0 Å². The second-order valence-corrected chi connectivity index (χ2v) is 5.53. The van der Waals surface area contributed by atoms with Crippen LogP contribution in [0.3, 0.4) is 0 Å². The minimum atomic E-state index is 0.399. The van der Waals surface area contributed by atoms with E-state index in [0.717, 1.165) is 12.5 Å². The Kier molecular flexibility index (Phi) is 3.34. The lowest BCUT2D eigenvalue weighted by Crippen LogP contribution is -2.55. The maximum absolute atomic E-state index is 3.66. The smallest absolute Gasteiger partial charge is 0.0130 e. The molecule has 0 aromatic heterocycles. The predicted octanol–water partition coefficient (Wildman–Crippen LogP) is 3.57. The van der Waals surface area contributed by atoms with E-state index in [1.807, 2.05) is 0 Å². The van der Waals surface area contributed by atoms with E-state index in [1.54, 1.807) is 0 Å². The van der Waals surface area contributed by atoms with Crippen LogP contribution in [0.15, 0.2) is 30.3 Å². The molecule has 1 nitrogen and oxygen atoms in total. The van der Waals surface area contributed by atoms with E-state index in [-0.39, 0.29) is 0 Å². The third kappa shape index (κ3) is 2.01. The Labute approximate surface area is 99.3 Å². The molecule has 1 N–H and O–H groups in total. The molecule has 0 heterocycles. The first-order valence-electron chi connectivity index (χ1n) is 6.44. The van der Waals surface area contributed by atoms with Crippen molar-refractivity contribution in [2.24, 2.45) is 5.41 Å². The molecule has 88 valence electrons. The van der Waals surface area contributed by atoms with Crippen LogP contribution in [0.25, 0.3) is 0 Å². The Morgan fingerprint density at radius 3 is 2.50 bits per heavy atom. The minimum absolute atomic E-state index is 0.399. The molecule has 2 atom stereocenters. The molecule has 0 saturated heterocycles. The maximum atomic E-state index is 3.66. The van der Waals surface area contributed by atoms with Crippen molar-refractivity contribution >= 4 is 0 Å². The zero-order valence-corrected chi connectivity index (χ0v) is 10.7. The van der Waals surface area contributed by atoms with Gasteiger partial charge in [-0.05, 0) is 36.3 Å². The van der Waals surface area contributed by atoms with Crippen molar-refractivity contribution in [3.05, 3.63) is 35.9 Å². The second-order valence-electron chi connectivity index (χ2n) is 5.53. The average molecular weight is 217 g/mol. The normalized spacial score (nSPS) is 27.4. The monoisotopic (exact) mass is 217 g/mol. The fourth-order valence-corrected chi connectivity index (χ4v) is 2.84. The lowest BCUT2D eigenvalue weighted by Gasteiger charge is -2.53. The molecular formula is C15H23N. The number of hydrogen-bond acceptors (Lipinski definition) is 1. The Hall–Kier alpha value is -0.820. The van der Waals surface area contributed by atoms with Crippen LogP contribution in [-0.4, -0.2) is 12.6 Å². The molecule has 1 aromatic carbocycles. The summed E-state index contributed by atoms with van der Waals surface area (Å²) in [5.74, 6) is 0.725. The summed E-state index contributed by atoms with van der Waals surface area (Å²) in [6, 6.07) is 11.6. The largest absolute Gasteiger partial charge is 0.313 e. The maximum Gasteiger partial charge on any atom is 0.0130 e. The molecule has 1 fully saturated rings. The van der Waals surface area contributed by atoms with E-state index in [1.165, 1.54) is 18.4 Å². The lowest BCUT2D eigenvalue weighted by atomic mass is 9.56. The van der Waals surface area contributed by atoms with Crippen molar-refractivity contribution in [2.75, 3.05) is 6.54 Å². The van der Waals surface area contributed by atoms with E-state index in [4.69, 9.17) is 0 Å². The van der Waals surface area contributed by atoms with Gasteiger partial charge in [0.1, 0.15) is 0 Å². The average Bonchev–Trinajstić information content (AvgIpc) is 2.29. The summed E-state index contributed by atoms with van der Waals surface area (Å²) < 4.78 is 0. The predicted molar refractivity (Wildman–Crippen MR) is 69.7 cm³/mol. The molecule has 0 radical (unpaired) electrons. The summed E-state index contributed by atoms with van der Waals surface area (Å²) in [6.45, 7) is 8.16. The third-order valence-electron chi connectivity index (χ3n) is 4.11. The van der Waals surface area contributed by atoms with Gasteiger partial charge in [-0.25, -0.2) is 0 Å². The van der Waals surface area contributed by atoms with E-state index in [0.29, 0.717) is 11.5 Å². The molecule has 0 spiro atoms. The lowest BCUT2D eigenvalue weighted by molar-refractivity contribution is 0.0695. The SMILES string of the molecule is CCCNC1CC(c2ccccc2)C1(C)C. The van der Waals surface area contributed by atoms with Crippen LogP contribution >= 0.6 is 0 Å². The first-order valence-corrected chi connectivity index (χ1v) is 6.44. The summed E-state index contributed by atoms with van der Waals surface area (Å²) in [5.41, 5.74) is 1.90. The molecule has 2 unspecified atom stereocenters. The van der Waals surface area contributed by atoms with Crippen LogP contribution in [0.4, 0.5) is 0 Å². The summed E-state index contributed by atoms with van der Waals surface area (Å²) >= 11 is 0. The molecule has 1 aliphatic rings. The van der Waals surface area contributed by atoms with E-state index in [2.05, 4.69) is 56.4 Å². The molecular weight excluding hydrogens is 194 g/mol. The standard InChI is InChI=1S/C15H23N/c1-4-10-16-14-11-13(15(14,2)3)12-8-6-5-7-9-12/h5-9,13-14,16H,4,10-11H2,1-3H3. The molecule has 1 heteroatoms. The van der Waals surface area contributed by atoms with Crippen molar-refractivity contribution in [1.29, 1.82) is 0 Å². The fraction of sp³-hybridized carbons (Fsp3) is 0.600. The summed E-state index contributed by atoms with van der Waals surface area (Å²) in [4.78, 5) is 0. The van der Waals surface area contributed by atoms with Gasteiger partial charge in [0.2, 0.25) is 0 Å². The van der Waals surface area contributed by atoms with E-state index in [9.17, 15) is 0 Å². The van der Waals surface area contributed by atoms with Gasteiger partial charge in [0, 0.05) is 6.04 Å². The molecule has 1 aliphatic carbocycles. The Morgan fingerprint density at radius 1 is 1.25 bits per heavy atom. The van der Waals surface area contributed by atoms with Crippen LogP contribution in [0.2, 0.25) is 0 Å². The number of benzene rings is 1. The zero-order chi connectivity index (χ0) is 11.6. The Morgan fingerprint density at radius 2 is 1.94 bits per heavy atom. The highest BCUT2D eigenvalue weighted by Gasteiger charge is 2.47. The first-order chi connectivity index (χ1) is 7.66. The van der Waals surface area contributed by atoms with Crippen LogP contribution in [0, 0.1) is 5.41 Å². The minimum Gasteiger partial charge on any atom is -0.313 e. The van der Waals surface area contributed by atoms with Crippen LogP contribution in [0.1, 0.15) is 45.1 Å². The van der Waals surface area contributed by atoms with Crippen molar-refractivity contribution in [3.8, 4) is 0 Å². The van der Waals surface area contributed by atoms with Crippen LogP contribution in [-0.2, 0) is 0 Å². The van der Waals surface area contributed by atoms with E-state index < -0.39 is 0 Å². The van der Waals surface area contributed by atoms with Gasteiger partial charge in [-0.1, -0.05) is 51.1 Å². The Bertz CT molecular complexity index is 329. The van der Waals surface area contributed by atoms with Gasteiger partial charge in [0.05, 0.1) is 0 Å². The molecule has 1 saturated carbocycles. The quantitative estimate of drug-likeness (QED) is 0.813. The van der Waals surface area contributed by atoms with Gasteiger partial charge in [-0.3, -0.25) is 0 Å². The van der Waals surface area contributed by atoms with Gasteiger partial charge in [0.25, 0.3) is 0 Å². The highest BCUT2D eigenvalue weighted by molar-refractivity contribution is 5.27. The van der Waals surface area contributed by atoms with Crippen molar-refractivity contribution in [1.82, 2.24) is 5.32 Å². The molecule has 0 aliphatic heterocycles.